The fraction of sp³-hybridized carbons (Fsp3) is 0.0741. The van der Waals surface area contributed by atoms with E-state index >= 15 is 0 Å². The highest BCUT2D eigenvalue weighted by Crippen LogP contribution is 2.37. The first kappa shape index (κ1) is 24.5. The SMILES string of the molecule is Cc1ccc(S(=O)(=O)Nc2ccc(SC(C(=O)Nc3ccccc3F)c3ccccc3)cc2)cc1. The Labute approximate surface area is 208 Å². The minimum atomic E-state index is -3.72. The lowest BCUT2D eigenvalue weighted by molar-refractivity contribution is -0.115. The van der Waals surface area contributed by atoms with Crippen LogP contribution in [0, 0.1) is 12.7 Å². The molecule has 1 unspecified atom stereocenters. The van der Waals surface area contributed by atoms with Crippen LogP contribution < -0.4 is 10.0 Å². The van der Waals surface area contributed by atoms with Gasteiger partial charge in [0.2, 0.25) is 5.91 Å². The van der Waals surface area contributed by atoms with Crippen molar-refractivity contribution in [3.05, 3.63) is 120 Å². The zero-order valence-corrected chi connectivity index (χ0v) is 20.4. The van der Waals surface area contributed by atoms with Gasteiger partial charge in [-0.05, 0) is 61.0 Å². The summed E-state index contributed by atoms with van der Waals surface area (Å²) in [5.74, 6) is -0.877. The predicted molar refractivity (Wildman–Crippen MR) is 138 cm³/mol. The molecule has 178 valence electrons. The Morgan fingerprint density at radius 2 is 1.46 bits per heavy atom. The summed E-state index contributed by atoms with van der Waals surface area (Å²) in [6, 6.07) is 28.6. The number of hydrogen-bond donors (Lipinski definition) is 2. The molecular weight excluding hydrogens is 483 g/mol. The largest absolute Gasteiger partial charge is 0.322 e. The summed E-state index contributed by atoms with van der Waals surface area (Å²) >= 11 is 1.29. The molecule has 4 aromatic rings. The molecule has 8 heteroatoms. The topological polar surface area (TPSA) is 75.3 Å². The maximum Gasteiger partial charge on any atom is 0.261 e. The van der Waals surface area contributed by atoms with Crippen LogP contribution in [0.25, 0.3) is 0 Å². The van der Waals surface area contributed by atoms with Gasteiger partial charge in [-0.1, -0.05) is 60.2 Å². The molecule has 35 heavy (non-hydrogen) atoms. The third kappa shape index (κ3) is 6.29. The zero-order chi connectivity index (χ0) is 24.8. The number of carbonyl (C=O) groups is 1. The summed E-state index contributed by atoms with van der Waals surface area (Å²) in [6.07, 6.45) is 0. The molecule has 1 atom stereocenters. The third-order valence-electron chi connectivity index (χ3n) is 5.16. The normalized spacial score (nSPS) is 12.1. The number of anilines is 2. The summed E-state index contributed by atoms with van der Waals surface area (Å²) in [7, 11) is -3.72. The highest BCUT2D eigenvalue weighted by Gasteiger charge is 2.23. The van der Waals surface area contributed by atoms with Gasteiger partial charge in [0.25, 0.3) is 10.0 Å². The maximum atomic E-state index is 14.1. The monoisotopic (exact) mass is 506 g/mol. The highest BCUT2D eigenvalue weighted by molar-refractivity contribution is 8.00. The molecule has 0 saturated heterocycles. The van der Waals surface area contributed by atoms with Crippen LogP contribution in [0.5, 0.6) is 0 Å². The molecule has 0 spiro atoms. The van der Waals surface area contributed by atoms with Gasteiger partial charge in [0, 0.05) is 10.6 Å². The number of para-hydroxylation sites is 1. The predicted octanol–water partition coefficient (Wildman–Crippen LogP) is 6.41. The second kappa shape index (κ2) is 10.8. The van der Waals surface area contributed by atoms with Crippen LogP contribution in [-0.2, 0) is 14.8 Å². The van der Waals surface area contributed by atoms with Gasteiger partial charge < -0.3 is 5.32 Å². The summed E-state index contributed by atoms with van der Waals surface area (Å²) < 4.78 is 42.0. The van der Waals surface area contributed by atoms with Gasteiger partial charge in [0.15, 0.2) is 0 Å². The Bertz CT molecular complexity index is 1410. The average molecular weight is 507 g/mol. The van der Waals surface area contributed by atoms with Crippen molar-refractivity contribution in [2.24, 2.45) is 0 Å². The van der Waals surface area contributed by atoms with Gasteiger partial charge in [-0.2, -0.15) is 0 Å². The second-order valence-corrected chi connectivity index (χ2v) is 10.7. The van der Waals surface area contributed by atoms with Crippen LogP contribution in [0.1, 0.15) is 16.4 Å². The molecular formula is C27H23FN2O3S2. The number of carbonyl (C=O) groups excluding carboxylic acids is 1. The van der Waals surface area contributed by atoms with E-state index in [0.29, 0.717) is 5.69 Å². The Balaban J connectivity index is 1.52. The summed E-state index contributed by atoms with van der Waals surface area (Å²) in [5, 5.41) is 2.02. The lowest BCUT2D eigenvalue weighted by Crippen LogP contribution is -2.19. The fourth-order valence-corrected chi connectivity index (χ4v) is 5.41. The maximum absolute atomic E-state index is 14.1. The summed E-state index contributed by atoms with van der Waals surface area (Å²) in [6.45, 7) is 1.89. The first-order valence-electron chi connectivity index (χ1n) is 10.8. The molecule has 0 radical (unpaired) electrons. The van der Waals surface area contributed by atoms with Gasteiger partial charge >= 0.3 is 0 Å². The quantitative estimate of drug-likeness (QED) is 0.271. The van der Waals surface area contributed by atoms with Crippen molar-refractivity contribution in [2.45, 2.75) is 22.0 Å². The number of hydrogen-bond acceptors (Lipinski definition) is 4. The van der Waals surface area contributed by atoms with E-state index in [0.717, 1.165) is 16.0 Å². The lowest BCUT2D eigenvalue weighted by atomic mass is 10.1. The number of halogens is 1. The zero-order valence-electron chi connectivity index (χ0n) is 18.8. The summed E-state index contributed by atoms with van der Waals surface area (Å²) in [5.41, 5.74) is 2.25. The molecule has 1 amide bonds. The van der Waals surface area contributed by atoms with Crippen LogP contribution in [0.15, 0.2) is 113 Å². The number of aryl methyl sites for hydroxylation is 1. The molecule has 0 fully saturated rings. The van der Waals surface area contributed by atoms with Gasteiger partial charge in [-0.25, -0.2) is 12.8 Å². The van der Waals surface area contributed by atoms with Gasteiger partial charge in [-0.3, -0.25) is 9.52 Å². The van der Waals surface area contributed by atoms with E-state index in [-0.39, 0.29) is 16.5 Å². The first-order valence-corrected chi connectivity index (χ1v) is 13.1. The number of nitrogens with one attached hydrogen (secondary N) is 2. The molecule has 2 N–H and O–H groups in total. The van der Waals surface area contributed by atoms with Crippen LogP contribution in [0.2, 0.25) is 0 Å². The Morgan fingerprint density at radius 3 is 2.11 bits per heavy atom. The van der Waals surface area contributed by atoms with Crippen molar-refractivity contribution in [1.82, 2.24) is 0 Å². The molecule has 4 rings (SSSR count). The van der Waals surface area contributed by atoms with E-state index in [9.17, 15) is 17.6 Å². The number of amides is 1. The molecule has 0 aliphatic rings. The minimum Gasteiger partial charge on any atom is -0.322 e. The number of benzene rings is 4. The van der Waals surface area contributed by atoms with E-state index < -0.39 is 21.1 Å². The van der Waals surface area contributed by atoms with Gasteiger partial charge in [0.1, 0.15) is 11.1 Å². The lowest BCUT2D eigenvalue weighted by Gasteiger charge is -2.18. The second-order valence-electron chi connectivity index (χ2n) is 7.82. The van der Waals surface area contributed by atoms with E-state index in [4.69, 9.17) is 0 Å². The Hall–Kier alpha value is -3.62. The minimum absolute atomic E-state index is 0.111. The number of thioether (sulfide) groups is 1. The van der Waals surface area contributed by atoms with E-state index in [2.05, 4.69) is 10.0 Å². The molecule has 0 aliphatic heterocycles. The van der Waals surface area contributed by atoms with Gasteiger partial charge in [0.05, 0.1) is 10.6 Å². The van der Waals surface area contributed by atoms with Crippen LogP contribution in [-0.4, -0.2) is 14.3 Å². The molecule has 0 aliphatic carbocycles. The van der Waals surface area contributed by atoms with E-state index in [1.807, 2.05) is 37.3 Å². The van der Waals surface area contributed by atoms with Crippen LogP contribution in [0.4, 0.5) is 15.8 Å². The van der Waals surface area contributed by atoms with Crippen molar-refractivity contribution >= 4 is 39.1 Å². The van der Waals surface area contributed by atoms with E-state index in [1.54, 1.807) is 60.7 Å². The Kier molecular flexibility index (Phi) is 7.53. The fourth-order valence-electron chi connectivity index (χ4n) is 3.33. The molecule has 4 aromatic carbocycles. The third-order valence-corrected chi connectivity index (χ3v) is 7.83. The average Bonchev–Trinajstić information content (AvgIpc) is 2.85. The van der Waals surface area contributed by atoms with Gasteiger partial charge in [-0.15, -0.1) is 11.8 Å². The molecule has 0 saturated carbocycles. The smallest absolute Gasteiger partial charge is 0.261 e. The molecule has 5 nitrogen and oxygen atoms in total. The molecule has 0 heterocycles. The van der Waals surface area contributed by atoms with Crippen LogP contribution in [0.3, 0.4) is 0 Å². The van der Waals surface area contributed by atoms with Crippen molar-refractivity contribution in [1.29, 1.82) is 0 Å². The first-order chi connectivity index (χ1) is 16.8. The highest BCUT2D eigenvalue weighted by atomic mass is 32.2. The van der Waals surface area contributed by atoms with Crippen LogP contribution >= 0.6 is 11.8 Å². The number of rotatable bonds is 8. The standard InChI is InChI=1S/C27H23FN2O3S2/c1-19-11-17-23(18-12-19)35(32,33)30-21-13-15-22(16-14-21)34-26(20-7-3-2-4-8-20)27(31)29-25-10-6-5-9-24(25)28/h2-18,26,30H,1H3,(H,29,31). The van der Waals surface area contributed by atoms with Crippen molar-refractivity contribution in [3.8, 4) is 0 Å². The van der Waals surface area contributed by atoms with Crippen molar-refractivity contribution in [3.63, 3.8) is 0 Å². The van der Waals surface area contributed by atoms with Crippen molar-refractivity contribution in [2.75, 3.05) is 10.0 Å². The molecule has 0 aromatic heterocycles. The van der Waals surface area contributed by atoms with Crippen molar-refractivity contribution < 1.29 is 17.6 Å². The van der Waals surface area contributed by atoms with E-state index in [1.165, 1.54) is 23.9 Å². The molecule has 0 bridgehead atoms. The number of sulfonamides is 1. The Morgan fingerprint density at radius 1 is 0.829 bits per heavy atom. The summed E-state index contributed by atoms with van der Waals surface area (Å²) in [4.78, 5) is 14.0.